The maximum absolute atomic E-state index is 14.1. The minimum absolute atomic E-state index is 0.0143. The molecule has 7 rings (SSSR count). The summed E-state index contributed by atoms with van der Waals surface area (Å²) < 4.78 is 104. The predicted octanol–water partition coefficient (Wildman–Crippen LogP) is 3.91. The molecular weight excluding hydrogens is 949 g/mol. The zero-order valence-electron chi connectivity index (χ0n) is 32.9. The number of allylic oxidation sites excluding steroid dienone is 1. The number of fused-ring (bicyclic) bond motifs is 2. The lowest BCUT2D eigenvalue weighted by atomic mass is 9.93. The predicted molar refractivity (Wildman–Crippen MR) is 235 cm³/mol. The number of nitro groups is 2. The lowest BCUT2D eigenvalue weighted by molar-refractivity contribution is -0.385. The second-order valence-corrected chi connectivity index (χ2v) is 17.8. The summed E-state index contributed by atoms with van der Waals surface area (Å²) in [7, 11) is -15.3. The molecule has 0 fully saturated rings. The number of non-ortho nitro benzene ring substituents is 2. The Bertz CT molecular complexity index is 3820. The van der Waals surface area contributed by atoms with E-state index in [0.717, 1.165) is 54.6 Å². The molecule has 0 radical (unpaired) electrons. The minimum atomic E-state index is -5.35. The molecule has 340 valence electrons. The molecule has 26 nitrogen and oxygen atoms in total. The van der Waals surface area contributed by atoms with Gasteiger partial charge in [-0.2, -0.15) is 40.6 Å². The first-order chi connectivity index (χ1) is 31.5. The van der Waals surface area contributed by atoms with Crippen molar-refractivity contribution in [3.63, 3.8) is 0 Å². The number of nitrogens with zero attached hydrogens (tertiary/aromatic N) is 7. The molecule has 0 aromatic heterocycles. The van der Waals surface area contributed by atoms with Crippen LogP contribution in [0.3, 0.4) is 0 Å². The number of hydrazone groups is 1. The van der Waals surface area contributed by atoms with Gasteiger partial charge in [-0.05, 0) is 60.2 Å². The summed E-state index contributed by atoms with van der Waals surface area (Å²) in [5, 5.41) is 40.3. The van der Waals surface area contributed by atoms with Crippen molar-refractivity contribution in [3.05, 3.63) is 171 Å². The highest BCUT2D eigenvalue weighted by molar-refractivity contribution is 7.91. The van der Waals surface area contributed by atoms with Crippen LogP contribution in [0.15, 0.2) is 153 Å². The second-order valence-electron chi connectivity index (χ2n) is 13.6. The summed E-state index contributed by atoms with van der Waals surface area (Å²) in [5.41, 5.74) is 0.253. The van der Waals surface area contributed by atoms with E-state index in [0.29, 0.717) is 18.2 Å². The lowest BCUT2D eigenvalue weighted by Gasteiger charge is -2.19. The first-order valence-electron chi connectivity index (χ1n) is 18.1. The van der Waals surface area contributed by atoms with E-state index in [4.69, 9.17) is 0 Å². The van der Waals surface area contributed by atoms with Gasteiger partial charge in [0.15, 0.2) is 11.1 Å². The Morgan fingerprint density at radius 1 is 0.567 bits per heavy atom. The number of rotatable bonds is 13. The number of hydrogen-bond acceptors (Lipinski definition) is 21. The zero-order valence-corrected chi connectivity index (χ0v) is 35.3. The number of Topliss-reactive ketones (excluding diaryl/α,β-unsaturated/α-hetero) is 1. The molecule has 29 heteroatoms. The van der Waals surface area contributed by atoms with Gasteiger partial charge < -0.3 is 0 Å². The fraction of sp³-hybridized carbons (Fsp3) is 0. The van der Waals surface area contributed by atoms with Crippen molar-refractivity contribution >= 4 is 98.5 Å². The van der Waals surface area contributed by atoms with Crippen molar-refractivity contribution in [1.82, 2.24) is 0 Å². The fourth-order valence-electron chi connectivity index (χ4n) is 6.20. The van der Waals surface area contributed by atoms with Crippen LogP contribution >= 0.6 is 0 Å². The molecule has 0 saturated carbocycles. The molecule has 6 aromatic rings. The molecule has 0 saturated heterocycles. The second kappa shape index (κ2) is 17.8. The van der Waals surface area contributed by atoms with E-state index in [9.17, 15) is 73.5 Å². The zero-order chi connectivity index (χ0) is 48.6. The Labute approximate surface area is 372 Å². The van der Waals surface area contributed by atoms with Gasteiger partial charge in [-0.3, -0.25) is 64.5 Å². The van der Waals surface area contributed by atoms with Gasteiger partial charge in [0.1, 0.15) is 20.8 Å². The monoisotopic (exact) mass is 972 g/mol. The van der Waals surface area contributed by atoms with E-state index in [-0.39, 0.29) is 39.2 Å². The average molecular weight is 973 g/mol. The van der Waals surface area contributed by atoms with Crippen molar-refractivity contribution in [3.8, 4) is 0 Å². The van der Waals surface area contributed by atoms with Gasteiger partial charge in [0.05, 0.1) is 43.1 Å². The molecule has 0 bridgehead atoms. The first-order valence-corrected chi connectivity index (χ1v) is 22.4. The first kappa shape index (κ1) is 46.4. The van der Waals surface area contributed by atoms with Crippen molar-refractivity contribution in [2.45, 2.75) is 9.79 Å². The molecule has 6 N–H and O–H groups in total. The maximum atomic E-state index is 14.1. The number of hydrogen-bond donors (Lipinski definition) is 6. The quantitative estimate of drug-likeness (QED) is 0.0413. The standard InChI is InChI=1S/C38H24N10O16S3/c49-36-29(43-39-20-5-9-22(10-6-20)47(52)53)18-30(44-41-27-13-14-31(66(59,60)61)26-4-2-1-3-25(26)27)37(50)35(36)46-42-28-17-24(65(56,57)58)15-19-16-32(67(62,63)64)34(38(51)33(19)28)45-40-21-7-11-23(12-8-21)48(54)55/h1-18,39-40,42H,(H,56,57,58)(H,59,60,61)(H,62,63,64)/b43-29-,44-41?,45-34-,46-35-. The topological polar surface area (TPSA) is 398 Å². The molecule has 6 aromatic carbocycles. The van der Waals surface area contributed by atoms with Crippen LogP contribution in [-0.2, 0) is 30.4 Å². The molecular formula is C38H24N10O16S3. The van der Waals surface area contributed by atoms with E-state index in [1.165, 1.54) is 36.4 Å². The van der Waals surface area contributed by atoms with E-state index in [1.807, 2.05) is 0 Å². The van der Waals surface area contributed by atoms with Gasteiger partial charge in [-0.25, -0.2) is 0 Å². The lowest BCUT2D eigenvalue weighted by Crippen LogP contribution is -2.48. The Hall–Kier alpha value is -8.61. The number of anilines is 3. The van der Waals surface area contributed by atoms with Gasteiger partial charge in [-0.1, -0.05) is 24.3 Å². The summed E-state index contributed by atoms with van der Waals surface area (Å²) in [6.45, 7) is 0. The van der Waals surface area contributed by atoms with Crippen LogP contribution in [-0.4, -0.2) is 60.3 Å². The highest BCUT2D eigenvalue weighted by Gasteiger charge is 2.36. The van der Waals surface area contributed by atoms with Crippen LogP contribution in [0.25, 0.3) is 16.8 Å². The molecule has 0 heterocycles. The number of ketones is 1. The Balaban J connectivity index is 1.40. The van der Waals surface area contributed by atoms with Crippen molar-refractivity contribution in [2.75, 3.05) is 16.3 Å². The van der Waals surface area contributed by atoms with Crippen LogP contribution in [0.5, 0.6) is 0 Å². The van der Waals surface area contributed by atoms with E-state index in [2.05, 4.69) is 41.8 Å². The van der Waals surface area contributed by atoms with Crippen LogP contribution < -0.4 is 37.8 Å². The van der Waals surface area contributed by atoms with Crippen molar-refractivity contribution in [2.24, 2.45) is 25.5 Å². The van der Waals surface area contributed by atoms with Crippen LogP contribution in [0.4, 0.5) is 39.8 Å². The highest BCUT2D eigenvalue weighted by Crippen LogP contribution is 2.34. The summed E-state index contributed by atoms with van der Waals surface area (Å²) in [6, 6.07) is 19.1. The third-order valence-electron chi connectivity index (χ3n) is 9.30. The number of benzene rings is 6. The fourth-order valence-corrected chi connectivity index (χ4v) is 8.10. The van der Waals surface area contributed by atoms with Crippen LogP contribution in [0, 0.1) is 20.2 Å². The summed E-state index contributed by atoms with van der Waals surface area (Å²) in [5.74, 6) is -1.36. The van der Waals surface area contributed by atoms with Crippen LogP contribution in [0.1, 0.15) is 15.9 Å². The van der Waals surface area contributed by atoms with E-state index < -0.39 is 110 Å². The third kappa shape index (κ3) is 9.90. The van der Waals surface area contributed by atoms with Gasteiger partial charge in [0.25, 0.3) is 41.7 Å². The van der Waals surface area contributed by atoms with Crippen molar-refractivity contribution < 1.29 is 53.6 Å². The number of nitro benzene ring substituents is 2. The SMILES string of the molecule is O=C1/C(=N\Nc2ccc([N+](=O)[O-])cc2)C(S(=O)(=O)O)=Cc2cc(S(=O)(=O)O)cc(N/N=c3\c(=O)c(N=Nc4ccc(S(=O)(=O)O)c5ccccc45)c/c(=N/Nc4ccc([N+](=O)[O-])cc4)c3=O)c21. The third-order valence-corrected chi connectivity index (χ3v) is 11.9. The Morgan fingerprint density at radius 3 is 1.69 bits per heavy atom. The van der Waals surface area contributed by atoms with E-state index in [1.54, 1.807) is 0 Å². The molecule has 0 spiro atoms. The molecule has 67 heavy (non-hydrogen) atoms. The molecule has 1 aliphatic carbocycles. The van der Waals surface area contributed by atoms with Gasteiger partial charge in [0, 0.05) is 41.1 Å². The molecule has 0 aliphatic heterocycles. The van der Waals surface area contributed by atoms with Gasteiger partial charge in [0.2, 0.25) is 16.6 Å². The number of carbonyl (C=O) groups excluding carboxylic acids is 1. The summed E-state index contributed by atoms with van der Waals surface area (Å²) in [6.07, 6.45) is 0.606. The summed E-state index contributed by atoms with van der Waals surface area (Å²) in [4.78, 5) is 60.2. The largest absolute Gasteiger partial charge is 0.296 e. The minimum Gasteiger partial charge on any atom is -0.287 e. The Kier molecular flexibility index (Phi) is 12.3. The van der Waals surface area contributed by atoms with Gasteiger partial charge >= 0.3 is 0 Å². The number of nitrogens with one attached hydrogen (secondary N) is 3. The van der Waals surface area contributed by atoms with Gasteiger partial charge in [-0.15, -0.1) is 10.2 Å². The average Bonchev–Trinajstić information content (AvgIpc) is 3.26. The highest BCUT2D eigenvalue weighted by atomic mass is 32.2. The molecule has 0 amide bonds. The smallest absolute Gasteiger partial charge is 0.287 e. The number of carbonyl (C=O) groups is 1. The molecule has 1 aliphatic rings. The Morgan fingerprint density at radius 2 is 1.13 bits per heavy atom. The number of azo groups is 1. The summed E-state index contributed by atoms with van der Waals surface area (Å²) >= 11 is 0. The maximum Gasteiger partial charge on any atom is 0.296 e. The molecule has 0 atom stereocenters. The normalized spacial score (nSPS) is 14.3. The van der Waals surface area contributed by atoms with Crippen molar-refractivity contribution in [1.29, 1.82) is 0 Å². The van der Waals surface area contributed by atoms with E-state index >= 15 is 0 Å². The van der Waals surface area contributed by atoms with Crippen LogP contribution in [0.2, 0.25) is 0 Å². The molecule has 0 unspecified atom stereocenters.